The number of aldehydes is 1. The van der Waals surface area contributed by atoms with Crippen LogP contribution in [0.2, 0.25) is 5.02 Å². The summed E-state index contributed by atoms with van der Waals surface area (Å²) in [6.45, 7) is -0.779. The predicted octanol–water partition coefficient (Wildman–Crippen LogP) is 1.20. The average Bonchev–Trinajstić information content (AvgIpc) is 3.17. The maximum Gasteiger partial charge on any atom is 0.257 e. The van der Waals surface area contributed by atoms with Gasteiger partial charge in [0.2, 0.25) is 5.91 Å². The van der Waals surface area contributed by atoms with E-state index < -0.39 is 30.0 Å². The summed E-state index contributed by atoms with van der Waals surface area (Å²) in [5, 5.41) is 22.2. The van der Waals surface area contributed by atoms with Gasteiger partial charge >= 0.3 is 0 Å². The van der Waals surface area contributed by atoms with Crippen molar-refractivity contribution in [2.75, 3.05) is 13.7 Å². The monoisotopic (exact) mass is 475 g/mol. The van der Waals surface area contributed by atoms with Crippen molar-refractivity contribution >= 4 is 34.7 Å². The molecule has 1 aliphatic rings. The molecule has 4 rings (SSSR count). The van der Waals surface area contributed by atoms with E-state index >= 15 is 0 Å². The number of halogens is 2. The van der Waals surface area contributed by atoms with Gasteiger partial charge in [0.1, 0.15) is 18.5 Å². The summed E-state index contributed by atoms with van der Waals surface area (Å²) in [5.41, 5.74) is 1.80. The Bertz CT molecular complexity index is 1360. The fraction of sp³-hybridized carbons (Fsp3) is 0.273. The molecule has 1 amide bonds. The molecule has 0 spiro atoms. The fourth-order valence-corrected chi connectivity index (χ4v) is 4.20. The van der Waals surface area contributed by atoms with E-state index in [0.717, 1.165) is 6.07 Å². The van der Waals surface area contributed by atoms with Crippen molar-refractivity contribution in [1.29, 1.82) is 0 Å². The molecule has 2 aromatic heterocycles. The molecule has 0 radical (unpaired) electrons. The number of carbonyl (C=O) groups excluding carboxylic acids is 2. The predicted molar refractivity (Wildman–Crippen MR) is 116 cm³/mol. The van der Waals surface area contributed by atoms with E-state index in [1.807, 2.05) is 0 Å². The van der Waals surface area contributed by atoms with Crippen LogP contribution in [0.4, 0.5) is 4.39 Å². The number of hydrogen-bond acceptors (Lipinski definition) is 7. The molecule has 9 nitrogen and oxygen atoms in total. The summed E-state index contributed by atoms with van der Waals surface area (Å²) in [6.07, 6.45) is -1.24. The van der Waals surface area contributed by atoms with Crippen LogP contribution in [-0.4, -0.2) is 45.7 Å². The number of carbonyl (C=O) groups is 2. The summed E-state index contributed by atoms with van der Waals surface area (Å²) in [7, 11) is 1.39. The molecular weight excluding hydrogens is 457 g/mol. The van der Waals surface area contributed by atoms with Gasteiger partial charge in [0.05, 0.1) is 35.1 Å². The van der Waals surface area contributed by atoms with E-state index in [-0.39, 0.29) is 41.4 Å². The van der Waals surface area contributed by atoms with Gasteiger partial charge in [0.15, 0.2) is 6.29 Å². The third-order valence-corrected chi connectivity index (χ3v) is 5.87. The number of ether oxygens (including phenoxy) is 1. The van der Waals surface area contributed by atoms with Crippen molar-refractivity contribution in [3.8, 4) is 11.4 Å². The Kier molecular flexibility index (Phi) is 6.26. The SMILES string of the molecule is COCc1c(C(O)C=O)cc2n(c1=O)Cc1c-2nc2cc(F)c(Cl)cc2c1CNC(=O)CO. The lowest BCUT2D eigenvalue weighted by atomic mass is 9.99. The maximum atomic E-state index is 14.2. The molecule has 33 heavy (non-hydrogen) atoms. The normalized spacial score (nSPS) is 13.0. The highest BCUT2D eigenvalue weighted by atomic mass is 35.5. The fourth-order valence-electron chi connectivity index (χ4n) is 4.04. The average molecular weight is 476 g/mol. The second kappa shape index (κ2) is 8.99. The molecule has 1 aliphatic heterocycles. The van der Waals surface area contributed by atoms with Crippen molar-refractivity contribution in [2.24, 2.45) is 0 Å². The van der Waals surface area contributed by atoms with Crippen LogP contribution in [0, 0.1) is 5.82 Å². The Morgan fingerprint density at radius 3 is 2.82 bits per heavy atom. The van der Waals surface area contributed by atoms with Crippen LogP contribution in [0.5, 0.6) is 0 Å². The van der Waals surface area contributed by atoms with E-state index in [1.54, 1.807) is 0 Å². The van der Waals surface area contributed by atoms with Gasteiger partial charge in [-0.05, 0) is 17.7 Å². The zero-order chi connectivity index (χ0) is 23.9. The van der Waals surface area contributed by atoms with Gasteiger partial charge in [-0.25, -0.2) is 9.37 Å². The van der Waals surface area contributed by atoms with Crippen LogP contribution in [0.1, 0.15) is 28.4 Å². The van der Waals surface area contributed by atoms with E-state index in [2.05, 4.69) is 10.3 Å². The van der Waals surface area contributed by atoms with Crippen LogP contribution in [0.25, 0.3) is 22.3 Å². The molecule has 0 saturated carbocycles. The minimum atomic E-state index is -1.54. The second-order valence-corrected chi connectivity index (χ2v) is 7.91. The Morgan fingerprint density at radius 2 is 2.15 bits per heavy atom. The number of methoxy groups -OCH3 is 1. The molecule has 3 heterocycles. The van der Waals surface area contributed by atoms with Crippen LogP contribution in [0.15, 0.2) is 23.0 Å². The number of nitrogens with one attached hydrogen (secondary N) is 1. The summed E-state index contributed by atoms with van der Waals surface area (Å²) in [4.78, 5) is 40.7. The van der Waals surface area contributed by atoms with Gasteiger partial charge in [0.25, 0.3) is 5.56 Å². The van der Waals surface area contributed by atoms with Crippen molar-refractivity contribution in [3.05, 3.63) is 61.6 Å². The van der Waals surface area contributed by atoms with Gasteiger partial charge in [-0.15, -0.1) is 0 Å². The summed E-state index contributed by atoms with van der Waals surface area (Å²) >= 11 is 5.98. The van der Waals surface area contributed by atoms with E-state index in [1.165, 1.54) is 23.8 Å². The number of rotatable bonds is 7. The maximum absolute atomic E-state index is 14.2. The molecule has 3 N–H and O–H groups in total. The molecule has 0 saturated heterocycles. The molecule has 1 aromatic carbocycles. The number of amides is 1. The molecular formula is C22H19ClFN3O6. The highest BCUT2D eigenvalue weighted by Gasteiger charge is 2.30. The first-order valence-corrected chi connectivity index (χ1v) is 10.3. The van der Waals surface area contributed by atoms with Gasteiger partial charge in [0, 0.05) is 41.8 Å². The topological polar surface area (TPSA) is 131 Å². The van der Waals surface area contributed by atoms with Gasteiger partial charge < -0.3 is 29.6 Å². The van der Waals surface area contributed by atoms with Gasteiger partial charge in [-0.2, -0.15) is 0 Å². The minimum Gasteiger partial charge on any atom is -0.387 e. The van der Waals surface area contributed by atoms with Crippen molar-refractivity contribution in [1.82, 2.24) is 14.9 Å². The smallest absolute Gasteiger partial charge is 0.257 e. The lowest BCUT2D eigenvalue weighted by molar-refractivity contribution is -0.124. The number of aliphatic hydroxyl groups is 2. The zero-order valence-corrected chi connectivity index (χ0v) is 18.1. The second-order valence-electron chi connectivity index (χ2n) is 7.50. The summed E-state index contributed by atoms with van der Waals surface area (Å²) < 4.78 is 20.7. The van der Waals surface area contributed by atoms with Crippen LogP contribution >= 0.6 is 11.6 Å². The lowest BCUT2D eigenvalue weighted by Gasteiger charge is -2.14. The number of benzene rings is 1. The van der Waals surface area contributed by atoms with E-state index in [0.29, 0.717) is 34.2 Å². The number of pyridine rings is 2. The molecule has 11 heteroatoms. The molecule has 1 unspecified atom stereocenters. The summed E-state index contributed by atoms with van der Waals surface area (Å²) in [5.74, 6) is -1.31. The Hall–Kier alpha value is -3.18. The molecule has 0 aliphatic carbocycles. The van der Waals surface area contributed by atoms with Crippen molar-refractivity contribution in [2.45, 2.75) is 25.8 Å². The third kappa shape index (κ3) is 3.91. The number of nitrogens with zero attached hydrogens (tertiary/aromatic N) is 2. The highest BCUT2D eigenvalue weighted by Crippen LogP contribution is 2.38. The molecule has 0 fully saturated rings. The number of aromatic nitrogens is 2. The Balaban J connectivity index is 2.00. The van der Waals surface area contributed by atoms with Gasteiger partial charge in [-0.1, -0.05) is 11.6 Å². The van der Waals surface area contributed by atoms with E-state index in [4.69, 9.17) is 21.4 Å². The van der Waals surface area contributed by atoms with Crippen molar-refractivity contribution < 1.29 is 28.9 Å². The largest absolute Gasteiger partial charge is 0.387 e. The quantitative estimate of drug-likeness (QED) is 0.342. The molecule has 0 bridgehead atoms. The van der Waals surface area contributed by atoms with E-state index in [9.17, 15) is 23.9 Å². The zero-order valence-electron chi connectivity index (χ0n) is 17.4. The first-order chi connectivity index (χ1) is 15.8. The molecule has 172 valence electrons. The number of aliphatic hydroxyl groups excluding tert-OH is 2. The van der Waals surface area contributed by atoms with Crippen molar-refractivity contribution in [3.63, 3.8) is 0 Å². The molecule has 3 aromatic rings. The standard InChI is InChI=1S/C22H19ClFN3O6/c1-33-9-14-11(19(30)7-28)3-18-21-13(6-27(18)22(14)32)12(5-25-20(31)8-29)10-2-15(23)16(24)4-17(10)26-21/h2-4,7,19,29-30H,5-6,8-9H2,1H3,(H,25,31). The third-order valence-electron chi connectivity index (χ3n) is 5.58. The van der Waals surface area contributed by atoms with Gasteiger partial charge in [-0.3, -0.25) is 9.59 Å². The highest BCUT2D eigenvalue weighted by molar-refractivity contribution is 6.31. The van der Waals surface area contributed by atoms with Crippen LogP contribution in [0.3, 0.4) is 0 Å². The molecule has 1 atom stereocenters. The summed E-state index contributed by atoms with van der Waals surface area (Å²) in [6, 6.07) is 4.03. The Labute approximate surface area is 191 Å². The number of hydrogen-bond donors (Lipinski definition) is 3. The van der Waals surface area contributed by atoms with Crippen LogP contribution in [-0.2, 0) is 34.0 Å². The lowest BCUT2D eigenvalue weighted by Crippen LogP contribution is -2.27. The first kappa shape index (κ1) is 23.0. The Morgan fingerprint density at radius 1 is 1.39 bits per heavy atom. The first-order valence-electron chi connectivity index (χ1n) is 9.88. The minimum absolute atomic E-state index is 0.0276. The number of fused-ring (bicyclic) bond motifs is 4. The van der Waals surface area contributed by atoms with Crippen LogP contribution < -0.4 is 10.9 Å².